The summed E-state index contributed by atoms with van der Waals surface area (Å²) in [5.74, 6) is 1.95. The highest BCUT2D eigenvalue weighted by Crippen LogP contribution is 2.36. The molecular formula is C19H20ClF2N3O4. The van der Waals surface area contributed by atoms with Crippen molar-refractivity contribution in [2.45, 2.75) is 26.4 Å². The lowest BCUT2D eigenvalue weighted by Crippen LogP contribution is -2.42. The number of para-hydroxylation sites is 1. The van der Waals surface area contributed by atoms with Crippen molar-refractivity contribution in [3.8, 4) is 0 Å². The van der Waals surface area contributed by atoms with Crippen LogP contribution >= 0.6 is 11.6 Å². The molecule has 2 rings (SSSR count). The summed E-state index contributed by atoms with van der Waals surface area (Å²) in [4.78, 5) is 24.7. The van der Waals surface area contributed by atoms with Crippen molar-refractivity contribution in [3.63, 3.8) is 0 Å². The summed E-state index contributed by atoms with van der Waals surface area (Å²) in [6, 6.07) is 6.83. The number of esters is 1. The number of methoxy groups -OCH3 is 1. The third-order valence-electron chi connectivity index (χ3n) is 3.57. The minimum Gasteiger partial charge on any atom is -0.465 e. The van der Waals surface area contributed by atoms with Gasteiger partial charge < -0.3 is 14.8 Å². The first-order valence-electron chi connectivity index (χ1n) is 8.36. The third-order valence-corrected chi connectivity index (χ3v) is 3.90. The van der Waals surface area contributed by atoms with Gasteiger partial charge >= 0.3 is 12.1 Å². The molecule has 0 aromatic heterocycles. The van der Waals surface area contributed by atoms with Crippen molar-refractivity contribution in [3.05, 3.63) is 52.6 Å². The van der Waals surface area contributed by atoms with Crippen LogP contribution in [-0.4, -0.2) is 24.8 Å². The van der Waals surface area contributed by atoms with Crippen LogP contribution in [0.15, 0.2) is 30.3 Å². The molecule has 0 aliphatic carbocycles. The Balaban J connectivity index is 2.66. The van der Waals surface area contributed by atoms with Gasteiger partial charge in [-0.3, -0.25) is 0 Å². The van der Waals surface area contributed by atoms with Crippen molar-refractivity contribution in [2.75, 3.05) is 17.4 Å². The number of nitrogens with two attached hydrogens (primary N) is 1. The summed E-state index contributed by atoms with van der Waals surface area (Å²) in [5.41, 5.74) is -2.30. The number of amides is 1. The highest BCUT2D eigenvalue weighted by Gasteiger charge is 2.31. The predicted octanol–water partition coefficient (Wildman–Crippen LogP) is 4.76. The maximum absolute atomic E-state index is 14.6. The monoisotopic (exact) mass is 427 g/mol. The van der Waals surface area contributed by atoms with E-state index in [1.54, 1.807) is 32.9 Å². The van der Waals surface area contributed by atoms with E-state index in [4.69, 9.17) is 22.2 Å². The average Bonchev–Trinajstić information content (AvgIpc) is 2.64. The van der Waals surface area contributed by atoms with E-state index in [2.05, 4.69) is 10.1 Å². The van der Waals surface area contributed by atoms with Crippen LogP contribution < -0.4 is 16.2 Å². The Kier molecular flexibility index (Phi) is 6.66. The van der Waals surface area contributed by atoms with Gasteiger partial charge in [0.1, 0.15) is 11.2 Å². The molecule has 3 N–H and O–H groups in total. The second-order valence-corrected chi connectivity index (χ2v) is 7.30. The molecule has 0 unspecified atom stereocenters. The summed E-state index contributed by atoms with van der Waals surface area (Å²) in [6.45, 7) is 4.78. The molecule has 0 aliphatic heterocycles. The Morgan fingerprint density at radius 1 is 1.21 bits per heavy atom. The van der Waals surface area contributed by atoms with Crippen LogP contribution in [0.4, 0.5) is 30.6 Å². The lowest BCUT2D eigenvalue weighted by atomic mass is 10.1. The van der Waals surface area contributed by atoms with Gasteiger partial charge in [0, 0.05) is 6.07 Å². The molecule has 0 saturated carbocycles. The number of nitrogens with zero attached hydrogens (tertiary/aromatic N) is 1. The lowest BCUT2D eigenvalue weighted by molar-refractivity contribution is 0.0578. The SMILES string of the molecule is COC(=O)c1c(N(N)C(=O)OC(C)(C)C)cc(F)c(F)c1Nc1ccccc1Cl. The quantitative estimate of drug-likeness (QED) is 0.316. The summed E-state index contributed by atoms with van der Waals surface area (Å²) < 4.78 is 38.7. The molecule has 7 nitrogen and oxygen atoms in total. The standard InChI is InChI=1S/C19H20ClF2N3O4/c1-19(2,3)29-18(27)25(23)13-9-11(21)15(22)16(14(13)17(26)28-4)24-12-8-6-5-7-10(12)20/h5-9,24H,23H2,1-4H3. The summed E-state index contributed by atoms with van der Waals surface area (Å²) in [7, 11) is 1.04. The number of hydrazine groups is 1. The molecular weight excluding hydrogens is 408 g/mol. The molecule has 2 aromatic rings. The topological polar surface area (TPSA) is 93.9 Å². The normalized spacial score (nSPS) is 11.0. The highest BCUT2D eigenvalue weighted by molar-refractivity contribution is 6.33. The Morgan fingerprint density at radius 2 is 1.83 bits per heavy atom. The fourth-order valence-corrected chi connectivity index (χ4v) is 2.52. The van der Waals surface area contributed by atoms with Gasteiger partial charge in [-0.15, -0.1) is 0 Å². The van der Waals surface area contributed by atoms with E-state index >= 15 is 0 Å². The number of hydrogen-bond donors (Lipinski definition) is 2. The van der Waals surface area contributed by atoms with Crippen molar-refractivity contribution < 1.29 is 27.8 Å². The van der Waals surface area contributed by atoms with Gasteiger partial charge in [-0.05, 0) is 32.9 Å². The molecule has 10 heteroatoms. The number of halogens is 3. The van der Waals surface area contributed by atoms with E-state index in [1.165, 1.54) is 12.1 Å². The second-order valence-electron chi connectivity index (χ2n) is 6.89. The van der Waals surface area contributed by atoms with E-state index in [9.17, 15) is 18.4 Å². The predicted molar refractivity (Wildman–Crippen MR) is 105 cm³/mol. The fourth-order valence-electron chi connectivity index (χ4n) is 2.34. The van der Waals surface area contributed by atoms with E-state index < -0.39 is 46.2 Å². The lowest BCUT2D eigenvalue weighted by Gasteiger charge is -2.26. The van der Waals surface area contributed by atoms with E-state index in [1.807, 2.05) is 0 Å². The molecule has 1 amide bonds. The summed E-state index contributed by atoms with van der Waals surface area (Å²) in [6.07, 6.45) is -1.09. The van der Waals surface area contributed by atoms with Gasteiger partial charge in [0.15, 0.2) is 11.6 Å². The highest BCUT2D eigenvalue weighted by atomic mass is 35.5. The van der Waals surface area contributed by atoms with Crippen LogP contribution in [-0.2, 0) is 9.47 Å². The van der Waals surface area contributed by atoms with E-state index in [0.29, 0.717) is 11.1 Å². The molecule has 0 heterocycles. The molecule has 0 bridgehead atoms. The van der Waals surface area contributed by atoms with Crippen LogP contribution in [0.1, 0.15) is 31.1 Å². The van der Waals surface area contributed by atoms with Gasteiger partial charge in [-0.1, -0.05) is 23.7 Å². The van der Waals surface area contributed by atoms with Gasteiger partial charge in [0.05, 0.1) is 29.2 Å². The zero-order valence-electron chi connectivity index (χ0n) is 16.2. The third kappa shape index (κ3) is 5.12. The first-order valence-corrected chi connectivity index (χ1v) is 8.73. The van der Waals surface area contributed by atoms with Crippen LogP contribution in [0.2, 0.25) is 5.02 Å². The maximum Gasteiger partial charge on any atom is 0.429 e. The number of anilines is 3. The molecule has 0 atom stereocenters. The molecule has 0 saturated heterocycles. The molecule has 0 aliphatic rings. The zero-order chi connectivity index (χ0) is 21.9. The summed E-state index contributed by atoms with van der Waals surface area (Å²) in [5, 5.41) is 3.15. The molecule has 2 aromatic carbocycles. The first kappa shape index (κ1) is 22.4. The number of carbonyl (C=O) groups excluding carboxylic acids is 2. The zero-order valence-corrected chi connectivity index (χ0v) is 16.9. The Bertz CT molecular complexity index is 948. The van der Waals surface area contributed by atoms with E-state index in [0.717, 1.165) is 7.11 Å². The van der Waals surface area contributed by atoms with Crippen molar-refractivity contribution in [1.82, 2.24) is 0 Å². The Morgan fingerprint density at radius 3 is 2.38 bits per heavy atom. The molecule has 0 fully saturated rings. The Hall–Kier alpha value is -2.91. The van der Waals surface area contributed by atoms with Crippen LogP contribution in [0, 0.1) is 11.6 Å². The van der Waals surface area contributed by atoms with Crippen molar-refractivity contribution in [2.24, 2.45) is 5.84 Å². The molecule has 29 heavy (non-hydrogen) atoms. The van der Waals surface area contributed by atoms with E-state index in [-0.39, 0.29) is 10.7 Å². The number of nitrogens with one attached hydrogen (secondary N) is 1. The van der Waals surface area contributed by atoms with Gasteiger partial charge in [-0.2, -0.15) is 0 Å². The van der Waals surface area contributed by atoms with Crippen molar-refractivity contribution in [1.29, 1.82) is 0 Å². The van der Waals surface area contributed by atoms with Gasteiger partial charge in [0.2, 0.25) is 0 Å². The minimum absolute atomic E-state index is 0.185. The van der Waals surface area contributed by atoms with Gasteiger partial charge in [0.25, 0.3) is 0 Å². The Labute approximate surface area is 171 Å². The maximum atomic E-state index is 14.6. The number of hydrogen-bond acceptors (Lipinski definition) is 6. The molecule has 0 radical (unpaired) electrons. The minimum atomic E-state index is -1.38. The fraction of sp³-hybridized carbons (Fsp3) is 0.263. The number of benzene rings is 2. The van der Waals surface area contributed by atoms with Crippen LogP contribution in [0.3, 0.4) is 0 Å². The first-order chi connectivity index (χ1) is 13.5. The molecule has 156 valence electrons. The number of rotatable bonds is 4. The largest absolute Gasteiger partial charge is 0.465 e. The van der Waals surface area contributed by atoms with Crippen molar-refractivity contribution >= 4 is 40.7 Å². The summed E-state index contributed by atoms with van der Waals surface area (Å²) >= 11 is 6.05. The number of ether oxygens (including phenoxy) is 2. The average molecular weight is 428 g/mol. The van der Waals surface area contributed by atoms with Gasteiger partial charge in [-0.25, -0.2) is 29.2 Å². The number of carbonyl (C=O) groups is 2. The smallest absolute Gasteiger partial charge is 0.429 e. The van der Waals surface area contributed by atoms with Crippen LogP contribution in [0.25, 0.3) is 0 Å². The van der Waals surface area contributed by atoms with Crippen LogP contribution in [0.5, 0.6) is 0 Å². The second kappa shape index (κ2) is 8.62. The molecule has 0 spiro atoms.